The number of guanidine groups is 1. The van der Waals surface area contributed by atoms with Crippen LogP contribution in [0.5, 0.6) is 0 Å². The van der Waals surface area contributed by atoms with E-state index in [9.17, 15) is 0 Å². The van der Waals surface area contributed by atoms with Gasteiger partial charge in [-0.3, -0.25) is 4.99 Å². The molecule has 3 atom stereocenters. The average molecular weight is 326 g/mol. The SMILES string of the molecule is CN=C(NCc1ccc(N2CC=CC2)cc1)NC1CC2CCC1O2. The monoisotopic (exact) mass is 326 g/mol. The Labute approximate surface area is 143 Å². The first kappa shape index (κ1) is 15.5. The van der Waals surface area contributed by atoms with Gasteiger partial charge in [-0.05, 0) is 37.0 Å². The third-order valence-corrected chi connectivity index (χ3v) is 5.23. The highest BCUT2D eigenvalue weighted by atomic mass is 16.5. The van der Waals surface area contributed by atoms with Crippen LogP contribution in [0.2, 0.25) is 0 Å². The second kappa shape index (κ2) is 6.85. The number of hydrogen-bond donors (Lipinski definition) is 2. The summed E-state index contributed by atoms with van der Waals surface area (Å²) < 4.78 is 5.90. The zero-order valence-corrected chi connectivity index (χ0v) is 14.2. The number of nitrogens with one attached hydrogen (secondary N) is 2. The molecule has 2 fully saturated rings. The molecule has 5 heteroatoms. The molecule has 0 spiro atoms. The molecule has 3 heterocycles. The maximum absolute atomic E-state index is 5.90. The predicted octanol–water partition coefficient (Wildman–Crippen LogP) is 2.05. The average Bonchev–Trinajstić information content (AvgIpc) is 3.36. The van der Waals surface area contributed by atoms with Crippen molar-refractivity contribution in [1.82, 2.24) is 10.6 Å². The Hall–Kier alpha value is -2.01. The first-order valence-electron chi connectivity index (χ1n) is 8.93. The van der Waals surface area contributed by atoms with E-state index in [1.807, 2.05) is 7.05 Å². The number of benzene rings is 1. The summed E-state index contributed by atoms with van der Waals surface area (Å²) >= 11 is 0. The van der Waals surface area contributed by atoms with Gasteiger partial charge in [-0.2, -0.15) is 0 Å². The Balaban J connectivity index is 1.28. The van der Waals surface area contributed by atoms with Crippen LogP contribution >= 0.6 is 0 Å². The summed E-state index contributed by atoms with van der Waals surface area (Å²) in [5.74, 6) is 0.865. The fraction of sp³-hybridized carbons (Fsp3) is 0.526. The molecule has 0 aromatic heterocycles. The second-order valence-corrected chi connectivity index (χ2v) is 6.83. The maximum Gasteiger partial charge on any atom is 0.191 e. The Bertz CT molecular complexity index is 617. The lowest BCUT2D eigenvalue weighted by molar-refractivity contribution is 0.0992. The van der Waals surface area contributed by atoms with Crippen molar-refractivity contribution in [3.63, 3.8) is 0 Å². The number of rotatable bonds is 4. The number of fused-ring (bicyclic) bond motifs is 2. The highest BCUT2D eigenvalue weighted by molar-refractivity contribution is 5.80. The van der Waals surface area contributed by atoms with E-state index < -0.39 is 0 Å². The van der Waals surface area contributed by atoms with Crippen LogP contribution in [0.15, 0.2) is 41.4 Å². The molecule has 128 valence electrons. The first-order chi connectivity index (χ1) is 11.8. The highest BCUT2D eigenvalue weighted by Gasteiger charge is 2.41. The summed E-state index contributed by atoms with van der Waals surface area (Å²) in [7, 11) is 1.83. The van der Waals surface area contributed by atoms with Gasteiger partial charge in [0.15, 0.2) is 5.96 Å². The Morgan fingerprint density at radius 2 is 2.00 bits per heavy atom. The Kier molecular flexibility index (Phi) is 4.43. The topological polar surface area (TPSA) is 48.9 Å². The minimum absolute atomic E-state index is 0.363. The third kappa shape index (κ3) is 3.26. The zero-order chi connectivity index (χ0) is 16.4. The normalized spacial score (nSPS) is 28.6. The van der Waals surface area contributed by atoms with Gasteiger partial charge < -0.3 is 20.3 Å². The molecule has 3 unspecified atom stereocenters. The van der Waals surface area contributed by atoms with E-state index >= 15 is 0 Å². The summed E-state index contributed by atoms with van der Waals surface area (Å²) in [5, 5.41) is 6.94. The molecule has 0 saturated carbocycles. The molecular formula is C19H26N4O. The van der Waals surface area contributed by atoms with Crippen LogP contribution in [-0.4, -0.2) is 44.3 Å². The molecule has 2 bridgehead atoms. The summed E-state index contributed by atoms with van der Waals surface area (Å²) in [6.45, 7) is 2.80. The van der Waals surface area contributed by atoms with E-state index in [1.54, 1.807) is 0 Å². The van der Waals surface area contributed by atoms with Gasteiger partial charge >= 0.3 is 0 Å². The van der Waals surface area contributed by atoms with Crippen LogP contribution in [-0.2, 0) is 11.3 Å². The second-order valence-electron chi connectivity index (χ2n) is 6.83. The quantitative estimate of drug-likeness (QED) is 0.505. The maximum atomic E-state index is 5.90. The molecule has 3 aliphatic rings. The standard InChI is InChI=1S/C19H26N4O/c1-20-19(22-17-12-16-8-9-18(17)24-16)21-13-14-4-6-15(7-5-14)23-10-2-3-11-23/h2-7,16-18H,8-13H2,1H3,(H2,20,21,22). The van der Waals surface area contributed by atoms with Gasteiger partial charge in [-0.1, -0.05) is 24.3 Å². The van der Waals surface area contributed by atoms with E-state index in [-0.39, 0.29) is 0 Å². The molecule has 5 nitrogen and oxygen atoms in total. The smallest absolute Gasteiger partial charge is 0.191 e. The zero-order valence-electron chi connectivity index (χ0n) is 14.2. The summed E-state index contributed by atoms with van der Waals surface area (Å²) in [6.07, 6.45) is 8.74. The number of nitrogens with zero attached hydrogens (tertiary/aromatic N) is 2. The molecule has 2 saturated heterocycles. The number of hydrogen-bond acceptors (Lipinski definition) is 3. The molecule has 1 aromatic carbocycles. The largest absolute Gasteiger partial charge is 0.373 e. The fourth-order valence-electron chi connectivity index (χ4n) is 3.86. The molecule has 24 heavy (non-hydrogen) atoms. The van der Waals surface area contributed by atoms with Crippen molar-refractivity contribution in [2.45, 2.75) is 44.1 Å². The lowest BCUT2D eigenvalue weighted by Gasteiger charge is -2.23. The molecule has 0 aliphatic carbocycles. The van der Waals surface area contributed by atoms with Gasteiger partial charge in [0.05, 0.1) is 18.2 Å². The fourth-order valence-corrected chi connectivity index (χ4v) is 3.86. The minimum atomic E-state index is 0.363. The number of ether oxygens (including phenoxy) is 1. The summed E-state index contributed by atoms with van der Waals surface area (Å²) in [4.78, 5) is 6.71. The van der Waals surface area contributed by atoms with Gasteiger partial charge in [-0.25, -0.2) is 0 Å². The van der Waals surface area contributed by atoms with E-state index in [1.165, 1.54) is 24.1 Å². The lowest BCUT2D eigenvalue weighted by atomic mass is 9.96. The van der Waals surface area contributed by atoms with Gasteiger partial charge in [-0.15, -0.1) is 0 Å². The van der Waals surface area contributed by atoms with E-state index in [2.05, 4.69) is 56.9 Å². The van der Waals surface area contributed by atoms with Crippen LogP contribution in [0.3, 0.4) is 0 Å². The molecule has 4 rings (SSSR count). The molecule has 0 amide bonds. The molecule has 3 aliphatic heterocycles. The van der Waals surface area contributed by atoms with Crippen LogP contribution in [0, 0.1) is 0 Å². The van der Waals surface area contributed by atoms with Crippen molar-refractivity contribution >= 4 is 11.6 Å². The third-order valence-electron chi connectivity index (χ3n) is 5.23. The number of anilines is 1. The molecule has 0 radical (unpaired) electrons. The van der Waals surface area contributed by atoms with Crippen LogP contribution in [0.4, 0.5) is 5.69 Å². The van der Waals surface area contributed by atoms with Crippen molar-refractivity contribution in [1.29, 1.82) is 0 Å². The van der Waals surface area contributed by atoms with Crippen molar-refractivity contribution in [2.24, 2.45) is 4.99 Å². The van der Waals surface area contributed by atoms with Crippen molar-refractivity contribution in [3.8, 4) is 0 Å². The van der Waals surface area contributed by atoms with Gasteiger partial charge in [0.25, 0.3) is 0 Å². The number of aliphatic imine (C=N–C) groups is 1. The van der Waals surface area contributed by atoms with E-state index in [0.717, 1.165) is 32.0 Å². The molecular weight excluding hydrogens is 300 g/mol. The van der Waals surface area contributed by atoms with Crippen LogP contribution in [0.25, 0.3) is 0 Å². The summed E-state index contributed by atoms with van der Waals surface area (Å²) in [6, 6.07) is 9.18. The lowest BCUT2D eigenvalue weighted by Crippen LogP contribution is -2.47. The van der Waals surface area contributed by atoms with Crippen LogP contribution in [0.1, 0.15) is 24.8 Å². The Morgan fingerprint density at radius 3 is 2.62 bits per heavy atom. The van der Waals surface area contributed by atoms with Gasteiger partial charge in [0.1, 0.15) is 0 Å². The van der Waals surface area contributed by atoms with Crippen molar-refractivity contribution < 1.29 is 4.74 Å². The summed E-state index contributed by atoms with van der Waals surface area (Å²) in [5.41, 5.74) is 2.54. The molecule has 2 N–H and O–H groups in total. The Morgan fingerprint density at radius 1 is 1.21 bits per heavy atom. The van der Waals surface area contributed by atoms with Crippen LogP contribution < -0.4 is 15.5 Å². The first-order valence-corrected chi connectivity index (χ1v) is 8.93. The van der Waals surface area contributed by atoms with Gasteiger partial charge in [0.2, 0.25) is 0 Å². The van der Waals surface area contributed by atoms with E-state index in [0.29, 0.717) is 18.2 Å². The van der Waals surface area contributed by atoms with Crippen molar-refractivity contribution in [3.05, 3.63) is 42.0 Å². The minimum Gasteiger partial charge on any atom is -0.373 e. The van der Waals surface area contributed by atoms with E-state index in [4.69, 9.17) is 4.74 Å². The van der Waals surface area contributed by atoms with Crippen molar-refractivity contribution in [2.75, 3.05) is 25.0 Å². The molecule has 1 aromatic rings. The highest BCUT2D eigenvalue weighted by Crippen LogP contribution is 2.34. The van der Waals surface area contributed by atoms with Gasteiger partial charge in [0, 0.05) is 32.4 Å². The predicted molar refractivity (Wildman–Crippen MR) is 97.4 cm³/mol.